The summed E-state index contributed by atoms with van der Waals surface area (Å²) in [4.78, 5) is 1.05. The van der Waals surface area contributed by atoms with Gasteiger partial charge in [0.2, 0.25) is 0 Å². The maximum Gasteiger partial charge on any atom is 0.445 e. The van der Waals surface area contributed by atoms with Crippen LogP contribution in [0.1, 0.15) is 31.6 Å². The van der Waals surface area contributed by atoms with Crippen LogP contribution in [0, 0.1) is 17.1 Å². The van der Waals surface area contributed by atoms with Crippen LogP contribution in [-0.4, -0.2) is 26.2 Å². The minimum Gasteiger partial charge on any atom is -0.497 e. The fourth-order valence-corrected chi connectivity index (χ4v) is 4.06. The van der Waals surface area contributed by atoms with Crippen LogP contribution in [0.3, 0.4) is 0 Å². The molecular formula is C26H32BNO3S. The van der Waals surface area contributed by atoms with Crippen molar-refractivity contribution < 1.29 is 14.5 Å². The van der Waals surface area contributed by atoms with Gasteiger partial charge >= 0.3 is 6.92 Å². The highest BCUT2D eigenvalue weighted by Gasteiger charge is 2.20. The molecule has 2 aromatic rings. The molecule has 2 unspecified atom stereocenters. The smallest absolute Gasteiger partial charge is 0.445 e. The van der Waals surface area contributed by atoms with Crippen LogP contribution < -0.4 is 10.2 Å². The molecule has 0 saturated carbocycles. The minimum absolute atomic E-state index is 0.140. The molecular weight excluding hydrogens is 417 g/mol. The predicted molar refractivity (Wildman–Crippen MR) is 136 cm³/mol. The molecule has 0 aliphatic heterocycles. The number of nitrogens with zero attached hydrogens (tertiary/aromatic N) is 1. The summed E-state index contributed by atoms with van der Waals surface area (Å²) in [6, 6.07) is 15.5. The Morgan fingerprint density at radius 3 is 2.25 bits per heavy atom. The molecule has 0 aliphatic carbocycles. The van der Waals surface area contributed by atoms with Gasteiger partial charge < -0.3 is 14.5 Å². The lowest BCUT2D eigenvalue weighted by Gasteiger charge is -2.22. The van der Waals surface area contributed by atoms with Gasteiger partial charge in [-0.15, -0.1) is 11.8 Å². The van der Waals surface area contributed by atoms with Gasteiger partial charge in [0.1, 0.15) is 11.5 Å². The average molecular weight is 449 g/mol. The monoisotopic (exact) mass is 449 g/mol. The average Bonchev–Trinajstić information content (AvgIpc) is 2.86. The first-order chi connectivity index (χ1) is 15.5. The summed E-state index contributed by atoms with van der Waals surface area (Å²) in [5, 5.41) is 18.7. The lowest BCUT2D eigenvalue weighted by molar-refractivity contribution is 0.306. The van der Waals surface area contributed by atoms with E-state index in [4.69, 9.17) is 14.7 Å². The normalized spacial score (nSPS) is 12.7. The van der Waals surface area contributed by atoms with Crippen molar-refractivity contribution in [1.82, 2.24) is 0 Å². The lowest BCUT2D eigenvalue weighted by Crippen LogP contribution is -2.28. The van der Waals surface area contributed by atoms with E-state index >= 15 is 0 Å². The zero-order valence-corrected chi connectivity index (χ0v) is 20.3. The van der Waals surface area contributed by atoms with Gasteiger partial charge in [0, 0.05) is 16.1 Å². The van der Waals surface area contributed by atoms with Crippen molar-refractivity contribution in [2.45, 2.75) is 30.9 Å². The number of allylic oxidation sites excluding steroid dienone is 4. The number of nitriles is 1. The molecule has 0 fully saturated rings. The first-order valence-corrected chi connectivity index (χ1v) is 11.4. The van der Waals surface area contributed by atoms with E-state index in [2.05, 4.69) is 31.7 Å². The zero-order chi connectivity index (χ0) is 23.9. The minimum atomic E-state index is -1.10. The van der Waals surface area contributed by atoms with Crippen molar-refractivity contribution in [3.8, 4) is 11.7 Å². The first-order valence-electron chi connectivity index (χ1n) is 10.6. The van der Waals surface area contributed by atoms with Crippen LogP contribution in [0.15, 0.2) is 90.1 Å². The summed E-state index contributed by atoms with van der Waals surface area (Å²) in [6.45, 7) is 8.77. The summed E-state index contributed by atoms with van der Waals surface area (Å²) < 4.78 is 10.6. The predicted octanol–water partition coefficient (Wildman–Crippen LogP) is 5.72. The zero-order valence-electron chi connectivity index (χ0n) is 19.5. The molecule has 2 aromatic carbocycles. The van der Waals surface area contributed by atoms with Gasteiger partial charge in [-0.05, 0) is 53.4 Å². The van der Waals surface area contributed by atoms with Crippen LogP contribution in [0.2, 0.25) is 0 Å². The van der Waals surface area contributed by atoms with Crippen molar-refractivity contribution in [2.75, 3.05) is 14.2 Å². The van der Waals surface area contributed by atoms with E-state index in [-0.39, 0.29) is 11.2 Å². The molecule has 6 heteroatoms. The summed E-state index contributed by atoms with van der Waals surface area (Å²) in [6.07, 6.45) is 7.59. The molecule has 168 valence electrons. The molecule has 0 spiro atoms. The van der Waals surface area contributed by atoms with Crippen molar-refractivity contribution >= 4 is 24.1 Å². The topological polar surface area (TPSA) is 62.5 Å². The van der Waals surface area contributed by atoms with E-state index < -0.39 is 6.92 Å². The molecule has 32 heavy (non-hydrogen) atoms. The van der Waals surface area contributed by atoms with Crippen molar-refractivity contribution in [1.29, 1.82) is 5.26 Å². The molecule has 0 aliphatic rings. The van der Waals surface area contributed by atoms with Crippen LogP contribution in [0.5, 0.6) is 5.75 Å². The Kier molecular flexibility index (Phi) is 12.7. The molecule has 2 atom stereocenters. The Morgan fingerprint density at radius 2 is 1.75 bits per heavy atom. The third kappa shape index (κ3) is 8.34. The van der Waals surface area contributed by atoms with Crippen LogP contribution in [0.25, 0.3) is 0 Å². The van der Waals surface area contributed by atoms with E-state index in [1.54, 1.807) is 44.2 Å². The third-order valence-electron chi connectivity index (χ3n) is 4.58. The van der Waals surface area contributed by atoms with Gasteiger partial charge in [-0.1, -0.05) is 63.8 Å². The van der Waals surface area contributed by atoms with E-state index in [1.807, 2.05) is 56.2 Å². The SMILES string of the molecule is C=C/C=C(\C=C/C(C)C(Sc1ccc(B(O)C#N)cc1)c1ccc(OC)cc1)OC.CC. The lowest BCUT2D eigenvalue weighted by atomic mass is 9.64. The standard InChI is InChI=1S/C24H26BNO3S.C2H6/c1-5-6-21(28-3)12-7-18(2)24(19-8-13-22(29-4)14-9-19)30-23-15-10-20(11-16-23)25(27)17-26;1-2/h5-16,18,24,27H,1H2,2-4H3;1-2H3/b12-7-,21-6+;. The van der Waals surface area contributed by atoms with Gasteiger partial charge in [0.15, 0.2) is 0 Å². The Morgan fingerprint density at radius 1 is 1.12 bits per heavy atom. The second-order valence-electron chi connectivity index (χ2n) is 6.64. The van der Waals surface area contributed by atoms with Crippen molar-refractivity contribution in [3.63, 3.8) is 0 Å². The van der Waals surface area contributed by atoms with Crippen molar-refractivity contribution in [2.24, 2.45) is 5.92 Å². The fraction of sp³-hybridized carbons (Fsp3) is 0.269. The summed E-state index contributed by atoms with van der Waals surface area (Å²) >= 11 is 1.73. The maximum atomic E-state index is 9.69. The third-order valence-corrected chi connectivity index (χ3v) is 6.08. The maximum absolute atomic E-state index is 9.69. The highest BCUT2D eigenvalue weighted by molar-refractivity contribution is 7.99. The van der Waals surface area contributed by atoms with Gasteiger partial charge in [0.05, 0.1) is 14.2 Å². The van der Waals surface area contributed by atoms with E-state index in [9.17, 15) is 5.02 Å². The number of rotatable bonds is 10. The van der Waals surface area contributed by atoms with Crippen LogP contribution in [0.4, 0.5) is 0 Å². The summed E-state index contributed by atoms with van der Waals surface area (Å²) in [5.74, 6) is 3.59. The van der Waals surface area contributed by atoms with Gasteiger partial charge in [-0.3, -0.25) is 0 Å². The van der Waals surface area contributed by atoms with Gasteiger partial charge in [0.25, 0.3) is 0 Å². The Labute approximate surface area is 197 Å². The van der Waals surface area contributed by atoms with Crippen molar-refractivity contribution in [3.05, 3.63) is 90.7 Å². The van der Waals surface area contributed by atoms with E-state index in [0.717, 1.165) is 16.4 Å². The molecule has 4 nitrogen and oxygen atoms in total. The number of methoxy groups -OCH3 is 2. The van der Waals surface area contributed by atoms with Crippen LogP contribution >= 0.6 is 11.8 Å². The molecule has 0 bridgehead atoms. The largest absolute Gasteiger partial charge is 0.497 e. The molecule has 0 saturated heterocycles. The van der Waals surface area contributed by atoms with Gasteiger partial charge in [-0.2, -0.15) is 0 Å². The number of benzene rings is 2. The Bertz CT molecular complexity index is 918. The highest BCUT2D eigenvalue weighted by atomic mass is 32.2. The summed E-state index contributed by atoms with van der Waals surface area (Å²) in [5.41, 5.74) is 1.76. The molecule has 2 rings (SSSR count). The van der Waals surface area contributed by atoms with E-state index in [1.165, 1.54) is 5.56 Å². The number of hydrogen-bond donors (Lipinski definition) is 1. The Balaban J connectivity index is 0.00000249. The Hall–Kier alpha value is -2.88. The molecule has 1 N–H and O–H groups in total. The second kappa shape index (κ2) is 15.0. The quantitative estimate of drug-likeness (QED) is 0.218. The molecule has 0 radical (unpaired) electrons. The van der Waals surface area contributed by atoms with E-state index in [0.29, 0.717) is 5.46 Å². The number of hydrogen-bond acceptors (Lipinski definition) is 5. The number of ether oxygens (including phenoxy) is 2. The molecule has 0 aromatic heterocycles. The highest BCUT2D eigenvalue weighted by Crippen LogP contribution is 2.41. The second-order valence-corrected chi connectivity index (χ2v) is 7.85. The number of thioether (sulfide) groups is 1. The van der Waals surface area contributed by atoms with Crippen LogP contribution in [-0.2, 0) is 4.74 Å². The molecule has 0 amide bonds. The van der Waals surface area contributed by atoms with Gasteiger partial charge in [-0.25, -0.2) is 5.26 Å². The summed E-state index contributed by atoms with van der Waals surface area (Å²) in [7, 11) is 3.29. The first kappa shape index (κ1) is 27.2. The molecule has 0 heterocycles. The fourth-order valence-electron chi connectivity index (χ4n) is 2.88.